The first-order chi connectivity index (χ1) is 12.6. The van der Waals surface area contributed by atoms with E-state index in [0.717, 1.165) is 29.4 Å². The van der Waals surface area contributed by atoms with Crippen LogP contribution in [-0.4, -0.2) is 25.8 Å². The first-order valence-corrected chi connectivity index (χ1v) is 9.37. The Morgan fingerprint density at radius 1 is 1.27 bits per heavy atom. The van der Waals surface area contributed by atoms with Gasteiger partial charge in [0.05, 0.1) is 0 Å². The van der Waals surface area contributed by atoms with Gasteiger partial charge in [-0.3, -0.25) is 4.79 Å². The number of carbonyl (C=O) groups is 1. The van der Waals surface area contributed by atoms with Gasteiger partial charge in [-0.05, 0) is 32.3 Å². The quantitative estimate of drug-likeness (QED) is 0.667. The third kappa shape index (κ3) is 3.50. The second-order valence-electron chi connectivity index (χ2n) is 6.35. The lowest BCUT2D eigenvalue weighted by molar-refractivity contribution is -0.115. The molecule has 4 rings (SSSR count). The lowest BCUT2D eigenvalue weighted by Gasteiger charge is -2.16. The third-order valence-electron chi connectivity index (χ3n) is 4.19. The number of hydrogen-bond acceptors (Lipinski definition) is 6. The van der Waals surface area contributed by atoms with Crippen LogP contribution < -0.4 is 5.32 Å². The largest absolute Gasteiger partial charge is 0.360 e. The number of amides is 1. The van der Waals surface area contributed by atoms with E-state index in [1.54, 1.807) is 13.0 Å². The molecule has 1 aliphatic rings. The van der Waals surface area contributed by atoms with Gasteiger partial charge in [0.1, 0.15) is 16.8 Å². The average Bonchev–Trinajstić information content (AvgIpc) is 3.29. The van der Waals surface area contributed by atoms with Crippen LogP contribution in [0.4, 0.5) is 5.82 Å². The molecule has 7 nitrogen and oxygen atoms in total. The van der Waals surface area contributed by atoms with E-state index in [1.165, 1.54) is 11.8 Å². The Bertz CT molecular complexity index is 917. The summed E-state index contributed by atoms with van der Waals surface area (Å²) in [5.41, 5.74) is 0.901. The van der Waals surface area contributed by atoms with Crippen LogP contribution in [0.5, 0.6) is 0 Å². The van der Waals surface area contributed by atoms with E-state index in [0.29, 0.717) is 17.6 Å². The standard InChI is InChI=1S/C18H19N5O2S/c1-11-10-15(22-25-11)19-17(24)16(13-6-4-3-5-7-13)26-18-21-20-12(2)23(18)14-8-9-14/h3-7,10,14,16H,8-9H2,1-2H3,(H,19,22,24). The molecule has 3 aromatic rings. The Morgan fingerprint density at radius 3 is 2.69 bits per heavy atom. The summed E-state index contributed by atoms with van der Waals surface area (Å²) in [5, 5.41) is 15.5. The Labute approximate surface area is 155 Å². The molecule has 1 unspecified atom stereocenters. The molecule has 1 aromatic carbocycles. The molecule has 1 fully saturated rings. The van der Waals surface area contributed by atoms with Crippen LogP contribution in [0.2, 0.25) is 0 Å². The zero-order valence-corrected chi connectivity index (χ0v) is 15.4. The molecule has 2 aromatic heterocycles. The number of hydrogen-bond donors (Lipinski definition) is 1. The summed E-state index contributed by atoms with van der Waals surface area (Å²) in [6, 6.07) is 11.8. The molecule has 0 bridgehead atoms. The predicted molar refractivity (Wildman–Crippen MR) is 97.9 cm³/mol. The summed E-state index contributed by atoms with van der Waals surface area (Å²) in [4.78, 5) is 13.0. The second-order valence-corrected chi connectivity index (χ2v) is 7.42. The first-order valence-electron chi connectivity index (χ1n) is 8.49. The molecule has 2 heterocycles. The van der Waals surface area contributed by atoms with Crippen molar-refractivity contribution in [3.63, 3.8) is 0 Å². The van der Waals surface area contributed by atoms with Crippen LogP contribution >= 0.6 is 11.8 Å². The maximum Gasteiger partial charge on any atom is 0.243 e. The van der Waals surface area contributed by atoms with Gasteiger partial charge >= 0.3 is 0 Å². The predicted octanol–water partition coefficient (Wildman–Crippen LogP) is 3.69. The maximum atomic E-state index is 13.0. The summed E-state index contributed by atoms with van der Waals surface area (Å²) in [5.74, 6) is 1.77. The zero-order chi connectivity index (χ0) is 18.1. The zero-order valence-electron chi connectivity index (χ0n) is 14.5. The highest BCUT2D eigenvalue weighted by atomic mass is 32.2. The van der Waals surface area contributed by atoms with Crippen molar-refractivity contribution >= 4 is 23.5 Å². The minimum atomic E-state index is -0.464. The van der Waals surface area contributed by atoms with Crippen LogP contribution in [0.15, 0.2) is 46.1 Å². The number of thioether (sulfide) groups is 1. The lowest BCUT2D eigenvalue weighted by atomic mass is 10.1. The number of aromatic nitrogens is 4. The smallest absolute Gasteiger partial charge is 0.243 e. The number of nitrogens with zero attached hydrogens (tertiary/aromatic N) is 4. The highest BCUT2D eigenvalue weighted by Gasteiger charge is 2.31. The van der Waals surface area contributed by atoms with E-state index in [9.17, 15) is 4.79 Å². The Hall–Kier alpha value is -2.61. The number of rotatable bonds is 6. The molecule has 1 aliphatic carbocycles. The van der Waals surface area contributed by atoms with Crippen molar-refractivity contribution < 1.29 is 9.32 Å². The van der Waals surface area contributed by atoms with Crippen molar-refractivity contribution in [2.75, 3.05) is 5.32 Å². The second kappa shape index (κ2) is 6.95. The summed E-state index contributed by atoms with van der Waals surface area (Å²) in [6.45, 7) is 3.73. The van der Waals surface area contributed by atoms with Crippen molar-refractivity contribution in [3.05, 3.63) is 53.5 Å². The normalized spacial score (nSPS) is 15.0. The van der Waals surface area contributed by atoms with Crippen LogP contribution in [-0.2, 0) is 4.79 Å². The van der Waals surface area contributed by atoms with Gasteiger partial charge in [0.15, 0.2) is 11.0 Å². The van der Waals surface area contributed by atoms with Gasteiger partial charge in [0, 0.05) is 12.1 Å². The van der Waals surface area contributed by atoms with Crippen LogP contribution in [0.25, 0.3) is 0 Å². The highest BCUT2D eigenvalue weighted by molar-refractivity contribution is 8.00. The summed E-state index contributed by atoms with van der Waals surface area (Å²) >= 11 is 1.41. The van der Waals surface area contributed by atoms with Crippen LogP contribution in [0.1, 0.15) is 41.3 Å². The van der Waals surface area contributed by atoms with Gasteiger partial charge in [-0.1, -0.05) is 47.3 Å². The average molecular weight is 369 g/mol. The van der Waals surface area contributed by atoms with E-state index < -0.39 is 5.25 Å². The molecule has 0 aliphatic heterocycles. The fourth-order valence-corrected chi connectivity index (χ4v) is 3.96. The fourth-order valence-electron chi connectivity index (χ4n) is 2.81. The molecule has 1 amide bonds. The van der Waals surface area contributed by atoms with Crippen molar-refractivity contribution in [2.24, 2.45) is 0 Å². The van der Waals surface area contributed by atoms with Crippen LogP contribution in [0, 0.1) is 13.8 Å². The van der Waals surface area contributed by atoms with E-state index in [-0.39, 0.29) is 5.91 Å². The number of carbonyl (C=O) groups excluding carboxylic acids is 1. The van der Waals surface area contributed by atoms with E-state index in [2.05, 4.69) is 25.2 Å². The Morgan fingerprint density at radius 2 is 2.04 bits per heavy atom. The molecular weight excluding hydrogens is 350 g/mol. The van der Waals surface area contributed by atoms with E-state index in [4.69, 9.17) is 4.52 Å². The molecule has 0 radical (unpaired) electrons. The van der Waals surface area contributed by atoms with Crippen molar-refractivity contribution in [3.8, 4) is 0 Å². The summed E-state index contributed by atoms with van der Waals surface area (Å²) < 4.78 is 7.17. The minimum Gasteiger partial charge on any atom is -0.360 e. The molecule has 134 valence electrons. The monoisotopic (exact) mass is 369 g/mol. The van der Waals surface area contributed by atoms with Crippen LogP contribution in [0.3, 0.4) is 0 Å². The Balaban J connectivity index is 1.62. The fraction of sp³-hybridized carbons (Fsp3) is 0.333. The highest BCUT2D eigenvalue weighted by Crippen LogP contribution is 2.42. The molecule has 1 atom stereocenters. The van der Waals surface area contributed by atoms with Gasteiger partial charge in [-0.25, -0.2) is 0 Å². The van der Waals surface area contributed by atoms with Crippen molar-refractivity contribution in [2.45, 2.75) is 43.1 Å². The van der Waals surface area contributed by atoms with Gasteiger partial charge in [-0.15, -0.1) is 10.2 Å². The van der Waals surface area contributed by atoms with Gasteiger partial charge < -0.3 is 14.4 Å². The first kappa shape index (κ1) is 16.8. The SMILES string of the molecule is Cc1cc(NC(=O)C(Sc2nnc(C)n2C2CC2)c2ccccc2)no1. The van der Waals surface area contributed by atoms with E-state index in [1.807, 2.05) is 37.3 Å². The van der Waals surface area contributed by atoms with E-state index >= 15 is 0 Å². The molecule has 0 spiro atoms. The molecule has 1 saturated carbocycles. The molecular formula is C18H19N5O2S. The number of aryl methyl sites for hydroxylation is 2. The maximum absolute atomic E-state index is 13.0. The molecule has 0 saturated heterocycles. The molecule has 8 heteroatoms. The topological polar surface area (TPSA) is 85.8 Å². The molecule has 1 N–H and O–H groups in total. The number of anilines is 1. The van der Waals surface area contributed by atoms with Gasteiger partial charge in [0.2, 0.25) is 5.91 Å². The van der Waals surface area contributed by atoms with Gasteiger partial charge in [0.25, 0.3) is 0 Å². The molecule has 26 heavy (non-hydrogen) atoms. The van der Waals surface area contributed by atoms with Gasteiger partial charge in [-0.2, -0.15) is 0 Å². The minimum absolute atomic E-state index is 0.169. The van der Waals surface area contributed by atoms with Crippen molar-refractivity contribution in [1.82, 2.24) is 19.9 Å². The third-order valence-corrected chi connectivity index (χ3v) is 5.40. The lowest BCUT2D eigenvalue weighted by Crippen LogP contribution is -2.19. The summed E-state index contributed by atoms with van der Waals surface area (Å²) in [6.07, 6.45) is 2.26. The number of nitrogens with one attached hydrogen (secondary N) is 1. The number of benzene rings is 1. The Kier molecular flexibility index (Phi) is 4.50. The van der Waals surface area contributed by atoms with Crippen molar-refractivity contribution in [1.29, 1.82) is 0 Å². The summed E-state index contributed by atoms with van der Waals surface area (Å²) in [7, 11) is 0.